The molecule has 0 saturated heterocycles. The lowest BCUT2D eigenvalue weighted by Gasteiger charge is -2.14. The summed E-state index contributed by atoms with van der Waals surface area (Å²) in [5, 5.41) is 3.65. The lowest BCUT2D eigenvalue weighted by Crippen LogP contribution is -2.24. The third kappa shape index (κ3) is 4.35. The molecule has 1 N–H and O–H groups in total. The van der Waals surface area contributed by atoms with Gasteiger partial charge in [-0.2, -0.15) is 0 Å². The maximum absolute atomic E-state index is 12.3. The number of pyridine rings is 1. The molecule has 0 spiro atoms. The van der Waals surface area contributed by atoms with Crippen LogP contribution in [0, 0.1) is 0 Å². The van der Waals surface area contributed by atoms with Crippen molar-refractivity contribution in [1.82, 2.24) is 4.98 Å². The highest BCUT2D eigenvalue weighted by molar-refractivity contribution is 9.10. The fourth-order valence-corrected chi connectivity index (χ4v) is 2.81. The van der Waals surface area contributed by atoms with Gasteiger partial charge in [-0.05, 0) is 42.8 Å². The highest BCUT2D eigenvalue weighted by Crippen LogP contribution is 2.24. The van der Waals surface area contributed by atoms with Crippen LogP contribution in [0.2, 0.25) is 0 Å². The molecule has 2 aromatic rings. The van der Waals surface area contributed by atoms with E-state index in [2.05, 4.69) is 26.2 Å². The molecule has 1 amide bonds. The van der Waals surface area contributed by atoms with Crippen molar-refractivity contribution in [3.05, 3.63) is 53.1 Å². The Labute approximate surface area is 131 Å². The number of carbonyl (C=O) groups excluding carboxylic acids is 1. The zero-order chi connectivity index (χ0) is 14.4. The predicted octanol–water partition coefficient (Wildman–Crippen LogP) is 4.35. The Morgan fingerprint density at radius 2 is 2.05 bits per heavy atom. The van der Waals surface area contributed by atoms with Crippen molar-refractivity contribution in [2.24, 2.45) is 0 Å². The summed E-state index contributed by atoms with van der Waals surface area (Å²) in [6.45, 7) is 2.00. The number of carbonyl (C=O) groups is 1. The Kier molecular flexibility index (Phi) is 5.61. The first-order valence-electron chi connectivity index (χ1n) is 6.33. The second-order valence-electron chi connectivity index (χ2n) is 4.18. The normalized spacial score (nSPS) is 11.9. The van der Waals surface area contributed by atoms with Crippen LogP contribution < -0.4 is 5.32 Å². The quantitative estimate of drug-likeness (QED) is 0.814. The largest absolute Gasteiger partial charge is 0.325 e. The van der Waals surface area contributed by atoms with Crippen LogP contribution in [0.1, 0.15) is 13.3 Å². The highest BCUT2D eigenvalue weighted by atomic mass is 79.9. The zero-order valence-electron chi connectivity index (χ0n) is 11.0. The molecule has 0 aliphatic heterocycles. The van der Waals surface area contributed by atoms with Crippen LogP contribution in [-0.2, 0) is 4.79 Å². The minimum Gasteiger partial charge on any atom is -0.325 e. The summed E-state index contributed by atoms with van der Waals surface area (Å²) in [4.78, 5) is 16.5. The Hall–Kier alpha value is -1.33. The molecule has 1 heterocycles. The number of hydrogen-bond donors (Lipinski definition) is 1. The van der Waals surface area contributed by atoms with Crippen LogP contribution in [-0.4, -0.2) is 16.1 Å². The number of benzene rings is 1. The standard InChI is InChI=1S/C15H15BrN2OS/c1-2-13(20-14-5-3-4-10-17-14)15(19)18-12-8-6-11(16)7-9-12/h3-10,13H,2H2,1H3,(H,18,19)/t13-/m0/s1. The van der Waals surface area contributed by atoms with E-state index in [9.17, 15) is 4.79 Å². The highest BCUT2D eigenvalue weighted by Gasteiger charge is 2.18. The summed E-state index contributed by atoms with van der Waals surface area (Å²) in [5.41, 5.74) is 0.804. The first kappa shape index (κ1) is 15.1. The van der Waals surface area contributed by atoms with E-state index in [1.165, 1.54) is 11.8 Å². The Morgan fingerprint density at radius 3 is 2.65 bits per heavy atom. The summed E-state index contributed by atoms with van der Waals surface area (Å²) in [5.74, 6) is 0.00507. The van der Waals surface area contributed by atoms with E-state index in [1.807, 2.05) is 49.4 Å². The first-order chi connectivity index (χ1) is 9.69. The topological polar surface area (TPSA) is 42.0 Å². The number of nitrogens with zero attached hydrogens (tertiary/aromatic N) is 1. The van der Waals surface area contributed by atoms with Gasteiger partial charge in [0.2, 0.25) is 5.91 Å². The van der Waals surface area contributed by atoms with Gasteiger partial charge in [0.1, 0.15) is 0 Å². The molecule has 104 valence electrons. The SMILES string of the molecule is CC[C@H](Sc1ccccn1)C(=O)Nc1ccc(Br)cc1. The maximum atomic E-state index is 12.3. The van der Waals surface area contributed by atoms with Gasteiger partial charge < -0.3 is 5.32 Å². The number of nitrogens with one attached hydrogen (secondary N) is 1. The van der Waals surface area contributed by atoms with Crippen molar-refractivity contribution < 1.29 is 4.79 Å². The summed E-state index contributed by atoms with van der Waals surface area (Å²) in [6, 6.07) is 13.3. The van der Waals surface area contributed by atoms with Gasteiger partial charge in [-0.3, -0.25) is 4.79 Å². The monoisotopic (exact) mass is 350 g/mol. The fourth-order valence-electron chi connectivity index (χ4n) is 1.64. The zero-order valence-corrected chi connectivity index (χ0v) is 13.4. The van der Waals surface area contributed by atoms with Gasteiger partial charge in [-0.25, -0.2) is 4.98 Å². The molecule has 0 bridgehead atoms. The van der Waals surface area contributed by atoms with E-state index < -0.39 is 0 Å². The third-order valence-electron chi connectivity index (χ3n) is 2.68. The molecule has 0 radical (unpaired) electrons. The van der Waals surface area contributed by atoms with Crippen molar-refractivity contribution in [3.63, 3.8) is 0 Å². The van der Waals surface area contributed by atoms with Crippen molar-refractivity contribution in [3.8, 4) is 0 Å². The van der Waals surface area contributed by atoms with Gasteiger partial charge in [0.05, 0.1) is 10.3 Å². The molecule has 1 atom stereocenters. The Balaban J connectivity index is 2.00. The summed E-state index contributed by atoms with van der Waals surface area (Å²) >= 11 is 4.86. The smallest absolute Gasteiger partial charge is 0.237 e. The minimum absolute atomic E-state index is 0.00507. The lowest BCUT2D eigenvalue weighted by atomic mass is 10.3. The van der Waals surface area contributed by atoms with E-state index >= 15 is 0 Å². The van der Waals surface area contributed by atoms with Gasteiger partial charge >= 0.3 is 0 Å². The molecule has 0 aliphatic rings. The van der Waals surface area contributed by atoms with Gasteiger partial charge in [0.25, 0.3) is 0 Å². The van der Waals surface area contributed by atoms with E-state index in [1.54, 1.807) is 6.20 Å². The van der Waals surface area contributed by atoms with Gasteiger partial charge in [0, 0.05) is 16.4 Å². The second kappa shape index (κ2) is 7.45. The molecule has 0 unspecified atom stereocenters. The van der Waals surface area contributed by atoms with Crippen LogP contribution >= 0.6 is 27.7 Å². The molecule has 0 saturated carbocycles. The first-order valence-corrected chi connectivity index (χ1v) is 8.00. The van der Waals surface area contributed by atoms with Crippen LogP contribution in [0.15, 0.2) is 58.2 Å². The predicted molar refractivity (Wildman–Crippen MR) is 86.9 cm³/mol. The average molecular weight is 351 g/mol. The van der Waals surface area contributed by atoms with E-state index in [4.69, 9.17) is 0 Å². The molecule has 5 heteroatoms. The third-order valence-corrected chi connectivity index (χ3v) is 4.52. The molecule has 1 aromatic heterocycles. The van der Waals surface area contributed by atoms with E-state index in [0.29, 0.717) is 0 Å². The van der Waals surface area contributed by atoms with Gasteiger partial charge in [0.15, 0.2) is 0 Å². The number of anilines is 1. The number of rotatable bonds is 5. The van der Waals surface area contributed by atoms with E-state index in [0.717, 1.165) is 21.6 Å². The van der Waals surface area contributed by atoms with Crippen molar-refractivity contribution in [2.75, 3.05) is 5.32 Å². The summed E-state index contributed by atoms with van der Waals surface area (Å²) < 4.78 is 0.991. The second-order valence-corrected chi connectivity index (χ2v) is 6.32. The number of hydrogen-bond acceptors (Lipinski definition) is 3. The molecule has 20 heavy (non-hydrogen) atoms. The molecule has 2 rings (SSSR count). The van der Waals surface area contributed by atoms with Crippen LogP contribution in [0.4, 0.5) is 5.69 Å². The average Bonchev–Trinajstić information content (AvgIpc) is 2.48. The van der Waals surface area contributed by atoms with Crippen LogP contribution in [0.3, 0.4) is 0 Å². The lowest BCUT2D eigenvalue weighted by molar-refractivity contribution is -0.115. The van der Waals surface area contributed by atoms with Crippen LogP contribution in [0.25, 0.3) is 0 Å². The Bertz CT molecular complexity index is 560. The maximum Gasteiger partial charge on any atom is 0.237 e. The fraction of sp³-hybridized carbons (Fsp3) is 0.200. The summed E-state index contributed by atoms with van der Waals surface area (Å²) in [6.07, 6.45) is 2.49. The Morgan fingerprint density at radius 1 is 1.30 bits per heavy atom. The van der Waals surface area contributed by atoms with Crippen molar-refractivity contribution in [2.45, 2.75) is 23.6 Å². The molecule has 1 aromatic carbocycles. The summed E-state index contributed by atoms with van der Waals surface area (Å²) in [7, 11) is 0. The van der Waals surface area contributed by atoms with Crippen LogP contribution in [0.5, 0.6) is 0 Å². The molecule has 0 aliphatic carbocycles. The molecular weight excluding hydrogens is 336 g/mol. The van der Waals surface area contributed by atoms with Crippen molar-refractivity contribution in [1.29, 1.82) is 0 Å². The van der Waals surface area contributed by atoms with Gasteiger partial charge in [-0.15, -0.1) is 0 Å². The van der Waals surface area contributed by atoms with Crippen molar-refractivity contribution >= 4 is 39.3 Å². The number of halogens is 1. The number of amides is 1. The molecular formula is C15H15BrN2OS. The van der Waals surface area contributed by atoms with E-state index in [-0.39, 0.29) is 11.2 Å². The number of thioether (sulfide) groups is 1. The minimum atomic E-state index is -0.145. The number of aromatic nitrogens is 1. The van der Waals surface area contributed by atoms with Gasteiger partial charge in [-0.1, -0.05) is 40.7 Å². The molecule has 0 fully saturated rings. The molecule has 3 nitrogen and oxygen atoms in total.